The molecule has 8 nitrogen and oxygen atoms in total. The molecule has 0 bridgehead atoms. The normalized spacial score (nSPS) is 11.0. The van der Waals surface area contributed by atoms with E-state index in [1.165, 1.54) is 26.2 Å². The number of rotatable bonds is 7. The third-order valence-electron chi connectivity index (χ3n) is 4.55. The van der Waals surface area contributed by atoms with E-state index < -0.39 is 22.0 Å². The van der Waals surface area contributed by atoms with Gasteiger partial charge in [-0.2, -0.15) is 0 Å². The van der Waals surface area contributed by atoms with Crippen molar-refractivity contribution in [3.8, 4) is 11.5 Å². The highest BCUT2D eigenvalue weighted by Gasteiger charge is 2.32. The molecule has 1 N–H and O–H groups in total. The van der Waals surface area contributed by atoms with Crippen molar-refractivity contribution in [3.05, 3.63) is 70.1 Å². The molecule has 168 valence electrons. The molecule has 0 aliphatic carbocycles. The summed E-state index contributed by atoms with van der Waals surface area (Å²) in [7, 11) is -1.90. The van der Waals surface area contributed by atoms with Crippen molar-refractivity contribution < 1.29 is 32.2 Å². The van der Waals surface area contributed by atoms with Gasteiger partial charge in [-0.05, 0) is 55.3 Å². The van der Waals surface area contributed by atoms with Crippen LogP contribution in [-0.4, -0.2) is 34.6 Å². The van der Waals surface area contributed by atoms with Crippen molar-refractivity contribution >= 4 is 39.0 Å². The molecular weight excluding hydrogens is 454 g/mol. The summed E-state index contributed by atoms with van der Waals surface area (Å²) in [6.07, 6.45) is 0. The molecule has 1 heterocycles. The highest BCUT2D eigenvalue weighted by Crippen LogP contribution is 2.34. The minimum Gasteiger partial charge on any atom is -0.465 e. The topological polar surface area (TPSA) is 108 Å². The standard InChI is InChI=1S/C22H21NO7S2/c1-13-7-5-6-8-17(13)30-16-11-9-15(10-12-16)23-32(26,27)22-18(20(24)28-3)14(2)19(31-22)21(25)29-4/h5-12,23H,1-4H3. The molecule has 0 atom stereocenters. The van der Waals surface area contributed by atoms with E-state index >= 15 is 0 Å². The maximum absolute atomic E-state index is 13.0. The molecule has 0 spiro atoms. The zero-order valence-corrected chi connectivity index (χ0v) is 19.4. The second-order valence-corrected chi connectivity index (χ2v) is 9.60. The first-order chi connectivity index (χ1) is 15.2. The smallest absolute Gasteiger partial charge is 0.348 e. The van der Waals surface area contributed by atoms with Gasteiger partial charge in [0.15, 0.2) is 4.21 Å². The SMILES string of the molecule is COC(=O)c1sc(S(=O)(=O)Nc2ccc(Oc3ccccc3C)cc2)c(C(=O)OC)c1C. The van der Waals surface area contributed by atoms with Crippen LogP contribution in [0.15, 0.2) is 52.7 Å². The molecule has 0 aliphatic heterocycles. The monoisotopic (exact) mass is 475 g/mol. The van der Waals surface area contributed by atoms with Gasteiger partial charge in [0.1, 0.15) is 16.4 Å². The number of anilines is 1. The van der Waals surface area contributed by atoms with Gasteiger partial charge >= 0.3 is 11.9 Å². The fourth-order valence-electron chi connectivity index (χ4n) is 2.89. The van der Waals surface area contributed by atoms with Crippen molar-refractivity contribution in [1.29, 1.82) is 0 Å². The molecule has 1 aromatic heterocycles. The highest BCUT2D eigenvalue weighted by molar-refractivity contribution is 7.94. The Balaban J connectivity index is 1.90. The Morgan fingerprint density at radius 2 is 1.53 bits per heavy atom. The number of carbonyl (C=O) groups is 2. The van der Waals surface area contributed by atoms with Gasteiger partial charge in [-0.1, -0.05) is 18.2 Å². The molecule has 10 heteroatoms. The lowest BCUT2D eigenvalue weighted by Gasteiger charge is -2.11. The number of sulfonamides is 1. The Labute approximate surface area is 189 Å². The second kappa shape index (κ2) is 9.41. The first-order valence-electron chi connectivity index (χ1n) is 9.34. The Morgan fingerprint density at radius 1 is 0.906 bits per heavy atom. The number of thiophene rings is 1. The van der Waals surface area contributed by atoms with Crippen molar-refractivity contribution in [2.75, 3.05) is 18.9 Å². The van der Waals surface area contributed by atoms with Crippen LogP contribution >= 0.6 is 11.3 Å². The quantitative estimate of drug-likeness (QED) is 0.500. The maximum Gasteiger partial charge on any atom is 0.348 e. The Kier molecular flexibility index (Phi) is 6.85. The van der Waals surface area contributed by atoms with Gasteiger partial charge in [0, 0.05) is 5.69 Å². The zero-order valence-electron chi connectivity index (χ0n) is 17.8. The summed E-state index contributed by atoms with van der Waals surface area (Å²) >= 11 is 0.645. The first-order valence-corrected chi connectivity index (χ1v) is 11.6. The Morgan fingerprint density at radius 3 is 2.12 bits per heavy atom. The number of benzene rings is 2. The fraction of sp³-hybridized carbons (Fsp3) is 0.182. The molecule has 0 saturated carbocycles. The van der Waals surface area contributed by atoms with E-state index in [0.29, 0.717) is 22.8 Å². The molecule has 2 aromatic carbocycles. The van der Waals surface area contributed by atoms with Gasteiger partial charge in [0.2, 0.25) is 0 Å². The molecule has 0 aliphatic rings. The summed E-state index contributed by atoms with van der Waals surface area (Å²) in [6, 6.07) is 13.8. The summed E-state index contributed by atoms with van der Waals surface area (Å²) in [4.78, 5) is 24.3. The van der Waals surface area contributed by atoms with Gasteiger partial charge in [-0.25, -0.2) is 18.0 Å². The summed E-state index contributed by atoms with van der Waals surface area (Å²) < 4.78 is 43.4. The van der Waals surface area contributed by atoms with E-state index in [4.69, 9.17) is 14.2 Å². The first kappa shape index (κ1) is 23.3. The lowest BCUT2D eigenvalue weighted by Crippen LogP contribution is -2.16. The number of hydrogen-bond donors (Lipinski definition) is 1. The third kappa shape index (κ3) is 4.76. The summed E-state index contributed by atoms with van der Waals surface area (Å²) in [5, 5.41) is 0. The zero-order chi connectivity index (χ0) is 23.5. The van der Waals surface area contributed by atoms with Crippen LogP contribution in [0.5, 0.6) is 11.5 Å². The van der Waals surface area contributed by atoms with Gasteiger partial charge in [0.25, 0.3) is 10.0 Å². The van der Waals surface area contributed by atoms with Crippen molar-refractivity contribution in [2.45, 2.75) is 18.1 Å². The van der Waals surface area contributed by atoms with E-state index in [2.05, 4.69) is 4.72 Å². The van der Waals surface area contributed by atoms with Crippen LogP contribution in [0.2, 0.25) is 0 Å². The van der Waals surface area contributed by atoms with Crippen LogP contribution in [0, 0.1) is 13.8 Å². The van der Waals surface area contributed by atoms with Crippen LogP contribution in [-0.2, 0) is 19.5 Å². The van der Waals surface area contributed by atoms with Gasteiger partial charge in [-0.3, -0.25) is 4.72 Å². The van der Waals surface area contributed by atoms with Gasteiger partial charge < -0.3 is 14.2 Å². The summed E-state index contributed by atoms with van der Waals surface area (Å²) in [5.41, 5.74) is 1.19. The number of ether oxygens (including phenoxy) is 3. The molecule has 0 radical (unpaired) electrons. The Hall–Kier alpha value is -3.37. The number of carbonyl (C=O) groups excluding carboxylic acids is 2. The molecule has 3 aromatic rings. The number of methoxy groups -OCH3 is 2. The minimum atomic E-state index is -4.20. The predicted octanol–water partition coefficient (Wildman–Crippen LogP) is 4.53. The molecule has 0 amide bonds. The van der Waals surface area contributed by atoms with Crippen molar-refractivity contribution in [2.24, 2.45) is 0 Å². The number of para-hydroxylation sites is 1. The van der Waals surface area contributed by atoms with Gasteiger partial charge in [-0.15, -0.1) is 11.3 Å². The van der Waals surface area contributed by atoms with E-state index in [-0.39, 0.29) is 25.9 Å². The lowest BCUT2D eigenvalue weighted by molar-refractivity contribution is 0.0596. The third-order valence-corrected chi connectivity index (χ3v) is 7.72. The van der Waals surface area contributed by atoms with Crippen molar-refractivity contribution in [3.63, 3.8) is 0 Å². The molecule has 0 saturated heterocycles. The van der Waals surface area contributed by atoms with E-state index in [1.54, 1.807) is 12.1 Å². The average Bonchev–Trinajstić information content (AvgIpc) is 3.13. The number of nitrogens with one attached hydrogen (secondary N) is 1. The molecular formula is C22H21NO7S2. The number of aryl methyl sites for hydroxylation is 1. The van der Waals surface area contributed by atoms with Crippen molar-refractivity contribution in [1.82, 2.24) is 0 Å². The van der Waals surface area contributed by atoms with Crippen LogP contribution in [0.25, 0.3) is 0 Å². The highest BCUT2D eigenvalue weighted by atomic mass is 32.2. The predicted molar refractivity (Wildman–Crippen MR) is 120 cm³/mol. The number of hydrogen-bond acceptors (Lipinski definition) is 8. The van der Waals surface area contributed by atoms with Crippen LogP contribution in [0.3, 0.4) is 0 Å². The second-order valence-electron chi connectivity index (χ2n) is 6.70. The fourth-order valence-corrected chi connectivity index (χ4v) is 5.70. The summed E-state index contributed by atoms with van der Waals surface area (Å²) in [6.45, 7) is 3.38. The van der Waals surface area contributed by atoms with Gasteiger partial charge in [0.05, 0.1) is 19.8 Å². The molecule has 0 fully saturated rings. The van der Waals surface area contributed by atoms with E-state index in [9.17, 15) is 18.0 Å². The van der Waals surface area contributed by atoms with E-state index in [0.717, 1.165) is 12.7 Å². The maximum atomic E-state index is 13.0. The molecule has 3 rings (SSSR count). The molecule has 0 unspecified atom stereocenters. The lowest BCUT2D eigenvalue weighted by atomic mass is 10.2. The van der Waals surface area contributed by atoms with Crippen LogP contribution < -0.4 is 9.46 Å². The largest absolute Gasteiger partial charge is 0.465 e. The Bertz CT molecular complexity index is 1260. The summed E-state index contributed by atoms with van der Waals surface area (Å²) in [5.74, 6) is -0.390. The number of esters is 2. The minimum absolute atomic E-state index is 0.00949. The van der Waals surface area contributed by atoms with Crippen LogP contribution in [0.1, 0.15) is 31.2 Å². The van der Waals surface area contributed by atoms with E-state index in [1.807, 2.05) is 31.2 Å². The molecule has 32 heavy (non-hydrogen) atoms. The average molecular weight is 476 g/mol. The van der Waals surface area contributed by atoms with Crippen LogP contribution in [0.4, 0.5) is 5.69 Å².